The third kappa shape index (κ3) is 5.61. The van der Waals surface area contributed by atoms with Crippen molar-refractivity contribution in [3.63, 3.8) is 0 Å². The number of hydrogen-bond acceptors (Lipinski definition) is 3. The van der Waals surface area contributed by atoms with Gasteiger partial charge in [0.25, 0.3) is 0 Å². The number of hydrogen-bond donors (Lipinski definition) is 1. The Morgan fingerprint density at radius 1 is 1.12 bits per heavy atom. The summed E-state index contributed by atoms with van der Waals surface area (Å²) in [4.78, 5) is 11.8. The van der Waals surface area contributed by atoms with Gasteiger partial charge in [-0.15, -0.1) is 0 Å². The van der Waals surface area contributed by atoms with Crippen LogP contribution in [0.4, 0.5) is 14.5 Å². The lowest BCUT2D eigenvalue weighted by Gasteiger charge is -2.17. The van der Waals surface area contributed by atoms with Gasteiger partial charge in [-0.1, -0.05) is 30.3 Å². The van der Waals surface area contributed by atoms with E-state index in [1.54, 1.807) is 24.3 Å². The topological polar surface area (TPSA) is 66.5 Å². The molecule has 0 aliphatic rings. The summed E-state index contributed by atoms with van der Waals surface area (Å²) in [5.74, 6) is -2.76. The van der Waals surface area contributed by atoms with Gasteiger partial charge >= 0.3 is 0 Å². The minimum atomic E-state index is -3.64. The quantitative estimate of drug-likeness (QED) is 0.817. The van der Waals surface area contributed by atoms with E-state index in [0.29, 0.717) is 6.07 Å². The van der Waals surface area contributed by atoms with E-state index in [9.17, 15) is 22.0 Å². The number of rotatable bonds is 7. The molecule has 1 amide bonds. The summed E-state index contributed by atoms with van der Waals surface area (Å²) in [5.41, 5.74) is 0.632. The Morgan fingerprint density at radius 2 is 1.80 bits per heavy atom. The molecule has 0 bridgehead atoms. The summed E-state index contributed by atoms with van der Waals surface area (Å²) in [6, 6.07) is 11.8. The van der Waals surface area contributed by atoms with Crippen LogP contribution >= 0.6 is 0 Å². The van der Waals surface area contributed by atoms with Gasteiger partial charge in [0.15, 0.2) is 0 Å². The lowest BCUT2D eigenvalue weighted by Crippen LogP contribution is -2.30. The molecular formula is C17H18F2N2O3S. The van der Waals surface area contributed by atoms with E-state index in [0.717, 1.165) is 22.0 Å². The fourth-order valence-corrected chi connectivity index (χ4v) is 3.22. The van der Waals surface area contributed by atoms with Crippen molar-refractivity contribution >= 4 is 21.6 Å². The van der Waals surface area contributed by atoms with Crippen molar-refractivity contribution in [3.8, 4) is 0 Å². The van der Waals surface area contributed by atoms with Crippen molar-refractivity contribution in [2.75, 3.05) is 18.1 Å². The Hall–Kier alpha value is -2.32. The van der Waals surface area contributed by atoms with Crippen LogP contribution < -0.4 is 5.32 Å². The predicted molar refractivity (Wildman–Crippen MR) is 91.3 cm³/mol. The highest BCUT2D eigenvalue weighted by Crippen LogP contribution is 2.15. The van der Waals surface area contributed by atoms with Crippen molar-refractivity contribution in [3.05, 3.63) is 65.7 Å². The second-order valence-electron chi connectivity index (χ2n) is 5.48. The molecule has 2 aromatic carbocycles. The molecule has 5 nitrogen and oxygen atoms in total. The van der Waals surface area contributed by atoms with Gasteiger partial charge in [-0.3, -0.25) is 4.79 Å². The van der Waals surface area contributed by atoms with Gasteiger partial charge in [-0.25, -0.2) is 21.5 Å². The molecule has 25 heavy (non-hydrogen) atoms. The fourth-order valence-electron chi connectivity index (χ4n) is 2.12. The van der Waals surface area contributed by atoms with Crippen molar-refractivity contribution in [2.45, 2.75) is 13.0 Å². The number of amides is 1. The van der Waals surface area contributed by atoms with E-state index in [2.05, 4.69) is 5.32 Å². The molecule has 0 aromatic heterocycles. The van der Waals surface area contributed by atoms with Crippen molar-refractivity contribution in [1.82, 2.24) is 4.31 Å². The molecule has 2 rings (SSSR count). The molecule has 1 N–H and O–H groups in total. The summed E-state index contributed by atoms with van der Waals surface area (Å²) in [5, 5.41) is 2.24. The highest BCUT2D eigenvalue weighted by atomic mass is 32.2. The Balaban J connectivity index is 1.91. The van der Waals surface area contributed by atoms with Crippen molar-refractivity contribution < 1.29 is 22.0 Å². The van der Waals surface area contributed by atoms with E-state index < -0.39 is 33.3 Å². The molecule has 0 saturated carbocycles. The van der Waals surface area contributed by atoms with E-state index >= 15 is 0 Å². The van der Waals surface area contributed by atoms with E-state index in [1.165, 1.54) is 7.05 Å². The molecule has 0 unspecified atom stereocenters. The van der Waals surface area contributed by atoms with Crippen LogP contribution in [0.5, 0.6) is 0 Å². The number of sulfonamides is 1. The smallest absolute Gasteiger partial charge is 0.225 e. The Labute approximate surface area is 145 Å². The number of nitrogens with one attached hydrogen (secondary N) is 1. The normalized spacial score (nSPS) is 11.5. The predicted octanol–water partition coefficient (Wildman–Crippen LogP) is 2.76. The molecule has 0 spiro atoms. The van der Waals surface area contributed by atoms with Crippen LogP contribution in [0.1, 0.15) is 12.0 Å². The second kappa shape index (κ2) is 8.17. The van der Waals surface area contributed by atoms with E-state index in [1.807, 2.05) is 6.07 Å². The summed E-state index contributed by atoms with van der Waals surface area (Å²) in [6.07, 6.45) is -0.335. The van der Waals surface area contributed by atoms with Crippen LogP contribution in [0.2, 0.25) is 0 Å². The maximum absolute atomic E-state index is 13.5. The fraction of sp³-hybridized carbons (Fsp3) is 0.235. The number of anilines is 1. The van der Waals surface area contributed by atoms with Gasteiger partial charge in [0.1, 0.15) is 11.6 Å². The minimum absolute atomic E-state index is 0.192. The zero-order valence-electron chi connectivity index (χ0n) is 13.6. The maximum atomic E-state index is 13.5. The molecule has 8 heteroatoms. The van der Waals surface area contributed by atoms with Gasteiger partial charge in [0.05, 0.1) is 11.4 Å². The van der Waals surface area contributed by atoms with Crippen LogP contribution in [-0.2, 0) is 21.4 Å². The van der Waals surface area contributed by atoms with Crippen LogP contribution in [0.25, 0.3) is 0 Å². The second-order valence-corrected chi connectivity index (χ2v) is 7.68. The molecule has 0 atom stereocenters. The summed E-state index contributed by atoms with van der Waals surface area (Å²) in [7, 11) is -2.21. The van der Waals surface area contributed by atoms with E-state index in [4.69, 9.17) is 0 Å². The van der Waals surface area contributed by atoms with Crippen molar-refractivity contribution in [2.24, 2.45) is 0 Å². The monoisotopic (exact) mass is 368 g/mol. The first kappa shape index (κ1) is 19.0. The maximum Gasteiger partial charge on any atom is 0.225 e. The Morgan fingerprint density at radius 3 is 2.44 bits per heavy atom. The zero-order chi connectivity index (χ0) is 18.4. The van der Waals surface area contributed by atoms with Gasteiger partial charge in [-0.05, 0) is 17.7 Å². The lowest BCUT2D eigenvalue weighted by molar-refractivity contribution is -0.115. The number of carbonyl (C=O) groups is 1. The Bertz CT molecular complexity index is 842. The summed E-state index contributed by atoms with van der Waals surface area (Å²) >= 11 is 0. The van der Waals surface area contributed by atoms with Gasteiger partial charge < -0.3 is 5.32 Å². The minimum Gasteiger partial charge on any atom is -0.324 e. The summed E-state index contributed by atoms with van der Waals surface area (Å²) < 4.78 is 51.9. The zero-order valence-corrected chi connectivity index (χ0v) is 14.4. The lowest BCUT2D eigenvalue weighted by atomic mass is 10.2. The number of halogens is 2. The standard InChI is InChI=1S/C17H18F2N2O3S/c1-21(12-13-5-3-2-4-6-13)25(23,24)10-9-17(22)20-16-8-7-14(18)11-15(16)19/h2-8,11H,9-10,12H2,1H3,(H,20,22). The number of benzene rings is 2. The molecule has 134 valence electrons. The first-order valence-corrected chi connectivity index (χ1v) is 9.12. The Kier molecular flexibility index (Phi) is 6.22. The largest absolute Gasteiger partial charge is 0.324 e. The molecule has 0 aliphatic carbocycles. The van der Waals surface area contributed by atoms with Crippen molar-refractivity contribution in [1.29, 1.82) is 0 Å². The van der Waals surface area contributed by atoms with Crippen LogP contribution in [0.15, 0.2) is 48.5 Å². The van der Waals surface area contributed by atoms with E-state index in [-0.39, 0.29) is 18.7 Å². The first-order valence-electron chi connectivity index (χ1n) is 7.51. The molecule has 2 aromatic rings. The third-order valence-corrected chi connectivity index (χ3v) is 5.31. The summed E-state index contributed by atoms with van der Waals surface area (Å²) in [6.45, 7) is 0.192. The average molecular weight is 368 g/mol. The third-order valence-electron chi connectivity index (χ3n) is 3.52. The van der Waals surface area contributed by atoms with Gasteiger partial charge in [-0.2, -0.15) is 0 Å². The number of carbonyl (C=O) groups excluding carboxylic acids is 1. The molecule has 0 aliphatic heterocycles. The molecule has 0 fully saturated rings. The van der Waals surface area contributed by atoms with Gasteiger partial charge in [0.2, 0.25) is 15.9 Å². The van der Waals surface area contributed by atoms with Crippen LogP contribution in [0.3, 0.4) is 0 Å². The van der Waals surface area contributed by atoms with Crippen LogP contribution in [0, 0.1) is 11.6 Å². The highest BCUT2D eigenvalue weighted by molar-refractivity contribution is 7.89. The molecule has 0 saturated heterocycles. The van der Waals surface area contributed by atoms with Crippen LogP contribution in [-0.4, -0.2) is 31.4 Å². The SMILES string of the molecule is CN(Cc1ccccc1)S(=O)(=O)CCC(=O)Nc1ccc(F)cc1F. The van der Waals surface area contributed by atoms with Gasteiger partial charge in [0, 0.05) is 26.1 Å². The average Bonchev–Trinajstić information content (AvgIpc) is 2.56. The first-order chi connectivity index (χ1) is 11.8. The molecular weight excluding hydrogens is 350 g/mol. The molecule has 0 radical (unpaired) electrons. The number of nitrogens with zero attached hydrogens (tertiary/aromatic N) is 1. The highest BCUT2D eigenvalue weighted by Gasteiger charge is 2.20. The molecule has 0 heterocycles.